The summed E-state index contributed by atoms with van der Waals surface area (Å²) in [7, 11) is -1.76. The number of rotatable bonds is 7. The van der Waals surface area contributed by atoms with Crippen LogP contribution in [0.4, 0.5) is 5.69 Å². The van der Waals surface area contributed by atoms with Crippen LogP contribution in [-0.2, 0) is 19.4 Å². The maximum Gasteiger partial charge on any atom is 0.247 e. The Morgan fingerprint density at radius 2 is 1.91 bits per heavy atom. The van der Waals surface area contributed by atoms with Gasteiger partial charge in [-0.25, -0.2) is 8.42 Å². The summed E-state index contributed by atoms with van der Waals surface area (Å²) >= 11 is 0. The first-order valence-electron chi connectivity index (χ1n) is 6.61. The van der Waals surface area contributed by atoms with Crippen LogP contribution in [0.2, 0.25) is 0 Å². The molecule has 0 radical (unpaired) electrons. The zero-order valence-electron chi connectivity index (χ0n) is 12.8. The van der Waals surface area contributed by atoms with Gasteiger partial charge in [-0.05, 0) is 18.6 Å². The summed E-state index contributed by atoms with van der Waals surface area (Å²) in [5, 5.41) is 5.08. The Labute approximate surface area is 130 Å². The van der Waals surface area contributed by atoms with Gasteiger partial charge in [0.1, 0.15) is 21.6 Å². The van der Waals surface area contributed by atoms with Crippen LogP contribution >= 0.6 is 0 Å². The first kappa shape index (κ1) is 18.0. The average molecular weight is 328 g/mol. The number of carbonyl (C=O) groups is 2. The third kappa shape index (κ3) is 6.13. The summed E-state index contributed by atoms with van der Waals surface area (Å²) < 4.78 is 27.6. The molecule has 0 heterocycles. The molecule has 0 fully saturated rings. The molecule has 0 aliphatic heterocycles. The fourth-order valence-corrected chi connectivity index (χ4v) is 2.48. The Morgan fingerprint density at radius 3 is 2.45 bits per heavy atom. The number of sulfone groups is 1. The largest absolute Gasteiger partial charge is 0.495 e. The first-order valence-corrected chi connectivity index (χ1v) is 8.67. The van der Waals surface area contributed by atoms with Gasteiger partial charge in [-0.3, -0.25) is 9.59 Å². The summed E-state index contributed by atoms with van der Waals surface area (Å²) in [6.45, 7) is 1.27. The van der Waals surface area contributed by atoms with Crippen molar-refractivity contribution in [1.29, 1.82) is 0 Å². The normalized spacial score (nSPS) is 12.3. The van der Waals surface area contributed by atoms with Gasteiger partial charge in [0.15, 0.2) is 0 Å². The van der Waals surface area contributed by atoms with Crippen LogP contribution in [0.1, 0.15) is 13.3 Å². The highest BCUT2D eigenvalue weighted by Gasteiger charge is 2.22. The van der Waals surface area contributed by atoms with E-state index < -0.39 is 27.7 Å². The van der Waals surface area contributed by atoms with E-state index in [-0.39, 0.29) is 12.2 Å². The number of nitrogens with one attached hydrogen (secondary N) is 2. The molecule has 1 atom stereocenters. The minimum Gasteiger partial charge on any atom is -0.495 e. The van der Waals surface area contributed by atoms with Gasteiger partial charge >= 0.3 is 0 Å². The zero-order valence-corrected chi connectivity index (χ0v) is 13.6. The van der Waals surface area contributed by atoms with Crippen molar-refractivity contribution in [2.75, 3.05) is 24.4 Å². The molecular weight excluding hydrogens is 308 g/mol. The molecule has 2 amide bonds. The predicted molar refractivity (Wildman–Crippen MR) is 83.6 cm³/mol. The Hall–Kier alpha value is -2.09. The molecule has 0 saturated heterocycles. The number of para-hydroxylation sites is 2. The van der Waals surface area contributed by atoms with Crippen LogP contribution in [0.5, 0.6) is 5.75 Å². The van der Waals surface area contributed by atoms with Crippen LogP contribution < -0.4 is 15.4 Å². The number of carbonyl (C=O) groups excluding carboxylic acids is 2. The molecule has 0 aromatic heterocycles. The number of anilines is 1. The standard InChI is InChI=1S/C14H20N2O5S/c1-10(17)15-12(8-9-22(3,19)20)14(18)16-11-6-4-5-7-13(11)21-2/h4-7,12H,8-9H2,1-3H3,(H,15,17)(H,16,18)/t12-/m1/s1. The van der Waals surface area contributed by atoms with E-state index in [0.717, 1.165) is 6.26 Å². The molecule has 2 N–H and O–H groups in total. The van der Waals surface area contributed by atoms with Gasteiger partial charge in [-0.1, -0.05) is 12.1 Å². The molecule has 1 rings (SSSR count). The highest BCUT2D eigenvalue weighted by Crippen LogP contribution is 2.23. The molecule has 1 aromatic rings. The quantitative estimate of drug-likeness (QED) is 0.762. The second kappa shape index (κ2) is 7.79. The summed E-state index contributed by atoms with van der Waals surface area (Å²) in [5.41, 5.74) is 0.449. The molecule has 7 nitrogen and oxygen atoms in total. The van der Waals surface area contributed by atoms with E-state index in [9.17, 15) is 18.0 Å². The van der Waals surface area contributed by atoms with Crippen molar-refractivity contribution in [3.8, 4) is 5.75 Å². The molecule has 0 spiro atoms. The number of ether oxygens (including phenoxy) is 1. The Kier molecular flexibility index (Phi) is 6.36. The molecule has 0 aliphatic rings. The molecule has 0 saturated carbocycles. The lowest BCUT2D eigenvalue weighted by molar-refractivity contribution is -0.125. The van der Waals surface area contributed by atoms with Crippen LogP contribution in [0.15, 0.2) is 24.3 Å². The Morgan fingerprint density at radius 1 is 1.27 bits per heavy atom. The van der Waals surface area contributed by atoms with Crippen molar-refractivity contribution in [1.82, 2.24) is 5.32 Å². The van der Waals surface area contributed by atoms with Crippen molar-refractivity contribution in [2.24, 2.45) is 0 Å². The van der Waals surface area contributed by atoms with Crippen molar-refractivity contribution < 1.29 is 22.7 Å². The van der Waals surface area contributed by atoms with Gasteiger partial charge < -0.3 is 15.4 Å². The van der Waals surface area contributed by atoms with Gasteiger partial charge in [-0.2, -0.15) is 0 Å². The van der Waals surface area contributed by atoms with Gasteiger partial charge in [0, 0.05) is 13.2 Å². The fourth-order valence-electron chi connectivity index (χ4n) is 1.81. The van der Waals surface area contributed by atoms with Crippen molar-refractivity contribution in [3.63, 3.8) is 0 Å². The fraction of sp³-hybridized carbons (Fsp3) is 0.429. The van der Waals surface area contributed by atoms with Crippen molar-refractivity contribution in [3.05, 3.63) is 24.3 Å². The average Bonchev–Trinajstić information content (AvgIpc) is 2.42. The number of hydrogen-bond acceptors (Lipinski definition) is 5. The maximum atomic E-state index is 12.3. The van der Waals surface area contributed by atoms with E-state index in [0.29, 0.717) is 11.4 Å². The third-order valence-electron chi connectivity index (χ3n) is 2.84. The monoisotopic (exact) mass is 328 g/mol. The summed E-state index contributed by atoms with van der Waals surface area (Å²) in [6, 6.07) is 5.88. The molecular formula is C14H20N2O5S. The smallest absolute Gasteiger partial charge is 0.247 e. The second-order valence-electron chi connectivity index (χ2n) is 4.86. The molecule has 8 heteroatoms. The highest BCUT2D eigenvalue weighted by molar-refractivity contribution is 7.90. The van der Waals surface area contributed by atoms with E-state index >= 15 is 0 Å². The van der Waals surface area contributed by atoms with Gasteiger partial charge in [0.2, 0.25) is 11.8 Å². The van der Waals surface area contributed by atoms with Crippen LogP contribution in [-0.4, -0.2) is 45.4 Å². The molecule has 0 bridgehead atoms. The second-order valence-corrected chi connectivity index (χ2v) is 7.12. The number of benzene rings is 1. The minimum atomic E-state index is -3.23. The van der Waals surface area contributed by atoms with E-state index in [1.54, 1.807) is 24.3 Å². The SMILES string of the molecule is COc1ccccc1NC(=O)[C@@H](CCS(C)(=O)=O)NC(C)=O. The molecule has 22 heavy (non-hydrogen) atoms. The number of hydrogen-bond donors (Lipinski definition) is 2. The number of methoxy groups -OCH3 is 1. The Balaban J connectivity index is 2.84. The van der Waals surface area contributed by atoms with Crippen molar-refractivity contribution in [2.45, 2.75) is 19.4 Å². The number of amides is 2. The first-order chi connectivity index (χ1) is 10.2. The molecule has 0 aliphatic carbocycles. The van der Waals surface area contributed by atoms with Crippen LogP contribution in [0.25, 0.3) is 0 Å². The highest BCUT2D eigenvalue weighted by atomic mass is 32.2. The maximum absolute atomic E-state index is 12.3. The lowest BCUT2D eigenvalue weighted by atomic mass is 10.2. The lowest BCUT2D eigenvalue weighted by Gasteiger charge is -2.18. The molecule has 1 aromatic carbocycles. The third-order valence-corrected chi connectivity index (χ3v) is 3.81. The van der Waals surface area contributed by atoms with E-state index in [1.807, 2.05) is 0 Å². The minimum absolute atomic E-state index is 0.000599. The summed E-state index contributed by atoms with van der Waals surface area (Å²) in [4.78, 5) is 23.5. The molecule has 0 unspecified atom stereocenters. The van der Waals surface area contributed by atoms with E-state index in [1.165, 1.54) is 14.0 Å². The Bertz CT molecular complexity index is 642. The summed E-state index contributed by atoms with van der Waals surface area (Å²) in [6.07, 6.45) is 1.08. The predicted octanol–water partition coefficient (Wildman–Crippen LogP) is 0.573. The van der Waals surface area contributed by atoms with Crippen LogP contribution in [0, 0.1) is 0 Å². The van der Waals surface area contributed by atoms with Crippen molar-refractivity contribution >= 4 is 27.3 Å². The molecule has 122 valence electrons. The van der Waals surface area contributed by atoms with Gasteiger partial charge in [-0.15, -0.1) is 0 Å². The van der Waals surface area contributed by atoms with Crippen LogP contribution in [0.3, 0.4) is 0 Å². The zero-order chi connectivity index (χ0) is 16.8. The van der Waals surface area contributed by atoms with E-state index in [4.69, 9.17) is 4.74 Å². The summed E-state index contributed by atoms with van der Waals surface area (Å²) in [5.74, 6) is -0.630. The topological polar surface area (TPSA) is 102 Å². The van der Waals surface area contributed by atoms with Gasteiger partial charge in [0.05, 0.1) is 18.6 Å². The lowest BCUT2D eigenvalue weighted by Crippen LogP contribution is -2.43. The van der Waals surface area contributed by atoms with Gasteiger partial charge in [0.25, 0.3) is 0 Å². The van der Waals surface area contributed by atoms with E-state index in [2.05, 4.69) is 10.6 Å².